The standard InChI is InChI=1S/C26H22N2O2S.ClH/c27-11-10-20-21-14-18(25-15-17-5-1-2-7-24(17)31-25)8-9-22(21)28-23(20)13-16-4-3-6-19(12-16)26(29)30;/h1-9,12,14-15,28H,10-11,13,27H2,(H,29,30);1H. The zero-order valence-electron chi connectivity index (χ0n) is 17.3. The Kier molecular flexibility index (Phi) is 6.33. The minimum atomic E-state index is -0.909. The Morgan fingerprint density at radius 2 is 1.84 bits per heavy atom. The van der Waals surface area contributed by atoms with E-state index in [0.29, 0.717) is 18.5 Å². The molecule has 0 aliphatic carbocycles. The first-order valence-corrected chi connectivity index (χ1v) is 11.1. The molecule has 0 aliphatic rings. The number of halogens is 1. The van der Waals surface area contributed by atoms with Crippen molar-refractivity contribution in [1.82, 2.24) is 4.98 Å². The number of benzene rings is 3. The zero-order chi connectivity index (χ0) is 21.4. The van der Waals surface area contributed by atoms with Crippen LogP contribution in [0.15, 0.2) is 72.8 Å². The quantitative estimate of drug-likeness (QED) is 0.278. The second kappa shape index (κ2) is 9.17. The van der Waals surface area contributed by atoms with Crippen LogP contribution < -0.4 is 5.73 Å². The van der Waals surface area contributed by atoms with Crippen molar-refractivity contribution in [2.75, 3.05) is 6.54 Å². The Hall–Kier alpha value is -3.12. The molecule has 0 unspecified atom stereocenters. The lowest BCUT2D eigenvalue weighted by molar-refractivity contribution is 0.0696. The van der Waals surface area contributed by atoms with Crippen LogP contribution in [-0.4, -0.2) is 22.6 Å². The lowest BCUT2D eigenvalue weighted by Gasteiger charge is -2.06. The van der Waals surface area contributed by atoms with Gasteiger partial charge in [-0.1, -0.05) is 36.4 Å². The molecule has 0 saturated heterocycles. The molecule has 0 aliphatic heterocycles. The van der Waals surface area contributed by atoms with Gasteiger partial charge in [0.15, 0.2) is 0 Å². The number of aromatic carboxylic acids is 1. The van der Waals surface area contributed by atoms with Crippen molar-refractivity contribution < 1.29 is 9.90 Å². The van der Waals surface area contributed by atoms with Gasteiger partial charge >= 0.3 is 5.97 Å². The van der Waals surface area contributed by atoms with Gasteiger partial charge < -0.3 is 15.8 Å². The molecule has 162 valence electrons. The van der Waals surface area contributed by atoms with E-state index < -0.39 is 5.97 Å². The second-order valence-corrected chi connectivity index (χ2v) is 8.80. The molecule has 32 heavy (non-hydrogen) atoms. The molecule has 4 N–H and O–H groups in total. The maximum Gasteiger partial charge on any atom is 0.335 e. The van der Waals surface area contributed by atoms with Crippen LogP contribution in [0.25, 0.3) is 31.4 Å². The average Bonchev–Trinajstić information content (AvgIpc) is 3.35. The van der Waals surface area contributed by atoms with Crippen molar-refractivity contribution >= 4 is 50.7 Å². The monoisotopic (exact) mass is 462 g/mol. The molecule has 5 rings (SSSR count). The maximum absolute atomic E-state index is 11.3. The molecule has 2 heterocycles. The third kappa shape index (κ3) is 4.15. The van der Waals surface area contributed by atoms with Crippen LogP contribution >= 0.6 is 23.7 Å². The van der Waals surface area contributed by atoms with E-state index in [0.717, 1.165) is 23.2 Å². The summed E-state index contributed by atoms with van der Waals surface area (Å²) in [4.78, 5) is 16.1. The Balaban J connectivity index is 0.00000245. The number of carboxylic acids is 1. The van der Waals surface area contributed by atoms with Gasteiger partial charge in [-0.05, 0) is 71.4 Å². The molecule has 0 fully saturated rings. The van der Waals surface area contributed by atoms with Crippen LogP contribution in [0, 0.1) is 0 Å². The molecule has 0 bridgehead atoms. The van der Waals surface area contributed by atoms with Crippen LogP contribution in [0.4, 0.5) is 0 Å². The van der Waals surface area contributed by atoms with Gasteiger partial charge in [0.1, 0.15) is 0 Å². The van der Waals surface area contributed by atoms with Crippen molar-refractivity contribution in [1.29, 1.82) is 0 Å². The summed E-state index contributed by atoms with van der Waals surface area (Å²) < 4.78 is 1.29. The Bertz CT molecular complexity index is 1390. The van der Waals surface area contributed by atoms with E-state index in [1.54, 1.807) is 29.5 Å². The number of rotatable bonds is 6. The number of thiophene rings is 1. The number of nitrogens with one attached hydrogen (secondary N) is 1. The summed E-state index contributed by atoms with van der Waals surface area (Å²) in [5, 5.41) is 11.7. The molecule has 2 aromatic heterocycles. The summed E-state index contributed by atoms with van der Waals surface area (Å²) in [6, 6.07) is 24.3. The van der Waals surface area contributed by atoms with E-state index in [4.69, 9.17) is 5.73 Å². The topological polar surface area (TPSA) is 79.1 Å². The predicted molar refractivity (Wildman–Crippen MR) is 135 cm³/mol. The van der Waals surface area contributed by atoms with Crippen LogP contribution in [0.2, 0.25) is 0 Å². The molecule has 0 spiro atoms. The van der Waals surface area contributed by atoms with Crippen LogP contribution in [0.1, 0.15) is 27.2 Å². The third-order valence-corrected chi connectivity index (χ3v) is 6.82. The Morgan fingerprint density at radius 3 is 2.62 bits per heavy atom. The number of aromatic amines is 1. The Morgan fingerprint density at radius 1 is 1.00 bits per heavy atom. The molecule has 0 atom stereocenters. The number of fused-ring (bicyclic) bond motifs is 2. The first-order valence-electron chi connectivity index (χ1n) is 10.3. The van der Waals surface area contributed by atoms with Crippen molar-refractivity contribution in [3.8, 4) is 10.4 Å². The first-order chi connectivity index (χ1) is 15.1. The van der Waals surface area contributed by atoms with Gasteiger partial charge in [-0.3, -0.25) is 0 Å². The summed E-state index contributed by atoms with van der Waals surface area (Å²) in [6.45, 7) is 0.558. The fourth-order valence-electron chi connectivity index (χ4n) is 4.18. The van der Waals surface area contributed by atoms with Gasteiger partial charge in [0.2, 0.25) is 0 Å². The summed E-state index contributed by atoms with van der Waals surface area (Å²) >= 11 is 1.80. The van der Waals surface area contributed by atoms with Crippen molar-refractivity contribution in [2.45, 2.75) is 12.8 Å². The highest BCUT2D eigenvalue weighted by Crippen LogP contribution is 2.36. The van der Waals surface area contributed by atoms with E-state index >= 15 is 0 Å². The molecular formula is C26H23ClN2O2S. The zero-order valence-corrected chi connectivity index (χ0v) is 18.9. The van der Waals surface area contributed by atoms with Gasteiger partial charge in [-0.2, -0.15) is 0 Å². The van der Waals surface area contributed by atoms with E-state index in [2.05, 4.69) is 53.5 Å². The van der Waals surface area contributed by atoms with Gasteiger partial charge in [0.25, 0.3) is 0 Å². The van der Waals surface area contributed by atoms with Gasteiger partial charge in [0, 0.05) is 32.6 Å². The Labute approximate surface area is 196 Å². The molecule has 5 aromatic rings. The highest BCUT2D eigenvalue weighted by molar-refractivity contribution is 7.22. The van der Waals surface area contributed by atoms with Gasteiger partial charge in [-0.15, -0.1) is 23.7 Å². The molecule has 4 nitrogen and oxygen atoms in total. The number of carbonyl (C=O) groups is 1. The maximum atomic E-state index is 11.3. The van der Waals surface area contributed by atoms with E-state index in [-0.39, 0.29) is 12.4 Å². The fraction of sp³-hybridized carbons (Fsp3) is 0.115. The van der Waals surface area contributed by atoms with Gasteiger partial charge in [-0.25, -0.2) is 4.79 Å². The molecule has 0 radical (unpaired) electrons. The van der Waals surface area contributed by atoms with E-state index in [1.165, 1.54) is 31.5 Å². The SMILES string of the molecule is Cl.NCCc1c(Cc2cccc(C(=O)O)c2)[nH]c2ccc(-c3cc4ccccc4s3)cc12. The van der Waals surface area contributed by atoms with Crippen molar-refractivity contribution in [2.24, 2.45) is 5.73 Å². The second-order valence-electron chi connectivity index (χ2n) is 7.71. The molecule has 6 heteroatoms. The van der Waals surface area contributed by atoms with Crippen LogP contribution in [0.5, 0.6) is 0 Å². The highest BCUT2D eigenvalue weighted by Gasteiger charge is 2.14. The number of hydrogen-bond acceptors (Lipinski definition) is 3. The van der Waals surface area contributed by atoms with E-state index in [9.17, 15) is 9.90 Å². The summed E-state index contributed by atoms with van der Waals surface area (Å²) in [6.07, 6.45) is 1.41. The minimum absolute atomic E-state index is 0. The number of H-pyrrole nitrogens is 1. The lowest BCUT2D eigenvalue weighted by Crippen LogP contribution is -2.05. The largest absolute Gasteiger partial charge is 0.478 e. The normalized spacial score (nSPS) is 11.0. The van der Waals surface area contributed by atoms with E-state index in [1.807, 2.05) is 6.07 Å². The summed E-state index contributed by atoms with van der Waals surface area (Å²) in [5.41, 5.74) is 11.8. The molecular weight excluding hydrogens is 440 g/mol. The fourth-order valence-corrected chi connectivity index (χ4v) is 5.24. The number of aromatic nitrogens is 1. The number of carboxylic acid groups (broad SMARTS) is 1. The number of hydrogen-bond donors (Lipinski definition) is 3. The summed E-state index contributed by atoms with van der Waals surface area (Å²) in [5.74, 6) is -0.909. The summed E-state index contributed by atoms with van der Waals surface area (Å²) in [7, 11) is 0. The first kappa shape index (κ1) is 22.1. The average molecular weight is 463 g/mol. The van der Waals surface area contributed by atoms with Crippen LogP contribution in [0.3, 0.4) is 0 Å². The van der Waals surface area contributed by atoms with Crippen LogP contribution in [-0.2, 0) is 12.8 Å². The smallest absolute Gasteiger partial charge is 0.335 e. The van der Waals surface area contributed by atoms with Gasteiger partial charge in [0.05, 0.1) is 5.56 Å². The lowest BCUT2D eigenvalue weighted by atomic mass is 10.00. The minimum Gasteiger partial charge on any atom is -0.478 e. The molecule has 0 saturated carbocycles. The molecule has 3 aromatic carbocycles. The number of nitrogens with two attached hydrogens (primary N) is 1. The third-order valence-electron chi connectivity index (χ3n) is 5.65. The van der Waals surface area contributed by atoms with Crippen molar-refractivity contribution in [3.05, 3.63) is 95.2 Å². The molecule has 0 amide bonds. The highest BCUT2D eigenvalue weighted by atomic mass is 35.5. The van der Waals surface area contributed by atoms with Crippen molar-refractivity contribution in [3.63, 3.8) is 0 Å². The predicted octanol–water partition coefficient (Wildman–Crippen LogP) is 6.26.